The minimum atomic E-state index is -1.09. The molecule has 0 fully saturated rings. The van der Waals surface area contributed by atoms with Gasteiger partial charge in [0.25, 0.3) is 0 Å². The van der Waals surface area contributed by atoms with E-state index in [0.29, 0.717) is 0 Å². The van der Waals surface area contributed by atoms with Crippen LogP contribution in [0.2, 0.25) is 0 Å². The van der Waals surface area contributed by atoms with E-state index in [2.05, 4.69) is 0 Å². The molecule has 1 aromatic rings. The molecule has 0 aliphatic heterocycles. The second-order valence-electron chi connectivity index (χ2n) is 2.65. The van der Waals surface area contributed by atoms with Gasteiger partial charge in [-0.15, -0.1) is 0 Å². The topological polar surface area (TPSA) is 57.5 Å². The number of benzene rings is 1. The summed E-state index contributed by atoms with van der Waals surface area (Å²) in [5, 5.41) is 17.6. The summed E-state index contributed by atoms with van der Waals surface area (Å²) < 4.78 is 0. The van der Waals surface area contributed by atoms with Gasteiger partial charge in [-0.3, -0.25) is 0 Å². The zero-order valence-electron chi connectivity index (χ0n) is 7.42. The first-order valence-corrected chi connectivity index (χ1v) is 4.05. The third-order valence-corrected chi connectivity index (χ3v) is 1.51. The van der Waals surface area contributed by atoms with Crippen LogP contribution in [-0.4, -0.2) is 16.2 Å². The molecule has 0 amide bonds. The van der Waals surface area contributed by atoms with Crippen molar-refractivity contribution in [1.82, 2.24) is 0 Å². The van der Waals surface area contributed by atoms with Crippen LogP contribution in [0.5, 0.6) is 0 Å². The van der Waals surface area contributed by atoms with Crippen LogP contribution in [0.15, 0.2) is 48.2 Å². The van der Waals surface area contributed by atoms with Crippen molar-refractivity contribution in [3.63, 3.8) is 0 Å². The molecule has 1 aromatic carbocycles. The van der Waals surface area contributed by atoms with E-state index in [9.17, 15) is 9.90 Å². The maximum Gasteiger partial charge on any atom is 0.328 e. The highest BCUT2D eigenvalue weighted by Gasteiger charge is 1.90. The smallest absolute Gasteiger partial charge is 0.328 e. The van der Waals surface area contributed by atoms with Crippen LogP contribution < -0.4 is 0 Å². The van der Waals surface area contributed by atoms with Crippen molar-refractivity contribution in [3.05, 3.63) is 53.8 Å². The summed E-state index contributed by atoms with van der Waals surface area (Å²) in [6.07, 6.45) is 3.50. The van der Waals surface area contributed by atoms with E-state index in [1.807, 2.05) is 30.3 Å². The average molecular weight is 190 g/mol. The van der Waals surface area contributed by atoms with Gasteiger partial charge in [0.15, 0.2) is 0 Å². The summed E-state index contributed by atoms with van der Waals surface area (Å²) in [7, 11) is 0. The zero-order valence-corrected chi connectivity index (χ0v) is 7.42. The standard InChI is InChI=1S/C11H10O3/c12-10(6-7-11(13)14)8-9-4-2-1-3-5-9/h1-8,12H,(H,13,14). The third-order valence-electron chi connectivity index (χ3n) is 1.51. The van der Waals surface area contributed by atoms with Crippen LogP contribution in [0.3, 0.4) is 0 Å². The number of aliphatic hydroxyl groups is 1. The Morgan fingerprint density at radius 1 is 1.07 bits per heavy atom. The van der Waals surface area contributed by atoms with E-state index in [0.717, 1.165) is 17.7 Å². The largest absolute Gasteiger partial charge is 0.508 e. The Morgan fingerprint density at radius 3 is 2.29 bits per heavy atom. The number of carboxylic acid groups (broad SMARTS) is 1. The molecule has 0 saturated heterocycles. The lowest BCUT2D eigenvalue weighted by molar-refractivity contribution is -0.131. The van der Waals surface area contributed by atoms with Gasteiger partial charge in [0.2, 0.25) is 0 Å². The van der Waals surface area contributed by atoms with Crippen LogP contribution in [0, 0.1) is 0 Å². The molecule has 0 radical (unpaired) electrons. The summed E-state index contributed by atoms with van der Waals surface area (Å²) in [5.41, 5.74) is 0.819. The quantitative estimate of drug-likeness (QED) is 0.436. The van der Waals surface area contributed by atoms with Crippen molar-refractivity contribution >= 4 is 12.0 Å². The molecule has 3 heteroatoms. The fraction of sp³-hybridized carbons (Fsp3) is 0. The summed E-state index contributed by atoms with van der Waals surface area (Å²) in [5.74, 6) is -1.17. The SMILES string of the molecule is O=C(O)C=CC(O)=Cc1ccccc1. The number of aliphatic hydroxyl groups excluding tert-OH is 1. The molecule has 1 rings (SSSR count). The second kappa shape index (κ2) is 4.87. The normalized spacial score (nSPS) is 11.9. The molecule has 3 nitrogen and oxygen atoms in total. The van der Waals surface area contributed by atoms with E-state index >= 15 is 0 Å². The van der Waals surface area contributed by atoms with Crippen molar-refractivity contribution < 1.29 is 15.0 Å². The second-order valence-corrected chi connectivity index (χ2v) is 2.65. The zero-order chi connectivity index (χ0) is 10.4. The molecule has 72 valence electrons. The van der Waals surface area contributed by atoms with Gasteiger partial charge in [-0.05, 0) is 17.7 Å². The van der Waals surface area contributed by atoms with E-state index in [4.69, 9.17) is 5.11 Å². The van der Waals surface area contributed by atoms with E-state index in [-0.39, 0.29) is 5.76 Å². The van der Waals surface area contributed by atoms with Crippen molar-refractivity contribution in [3.8, 4) is 0 Å². The monoisotopic (exact) mass is 190 g/mol. The number of carbonyl (C=O) groups is 1. The summed E-state index contributed by atoms with van der Waals surface area (Å²) in [6, 6.07) is 9.15. The van der Waals surface area contributed by atoms with Crippen molar-refractivity contribution in [1.29, 1.82) is 0 Å². The van der Waals surface area contributed by atoms with Gasteiger partial charge < -0.3 is 10.2 Å². The van der Waals surface area contributed by atoms with Crippen molar-refractivity contribution in [2.24, 2.45) is 0 Å². The molecule has 0 aliphatic carbocycles. The van der Waals surface area contributed by atoms with E-state index in [1.165, 1.54) is 6.08 Å². The Bertz CT molecular complexity index is 363. The number of rotatable bonds is 3. The fourth-order valence-electron chi connectivity index (χ4n) is 0.925. The molecular weight excluding hydrogens is 180 g/mol. The van der Waals surface area contributed by atoms with Crippen LogP contribution in [0.25, 0.3) is 6.08 Å². The van der Waals surface area contributed by atoms with Crippen LogP contribution in [0.4, 0.5) is 0 Å². The van der Waals surface area contributed by atoms with Gasteiger partial charge in [-0.1, -0.05) is 30.3 Å². The predicted octanol–water partition coefficient (Wildman–Crippen LogP) is 2.23. The molecule has 0 saturated carbocycles. The lowest BCUT2D eigenvalue weighted by Gasteiger charge is -1.92. The molecule has 0 heterocycles. The molecule has 0 atom stereocenters. The Hall–Kier alpha value is -2.03. The average Bonchev–Trinajstić information content (AvgIpc) is 2.16. The molecule has 0 spiro atoms. The van der Waals surface area contributed by atoms with Gasteiger partial charge in [0, 0.05) is 6.08 Å². The molecule has 0 bridgehead atoms. The van der Waals surface area contributed by atoms with E-state index in [1.54, 1.807) is 0 Å². The van der Waals surface area contributed by atoms with Gasteiger partial charge >= 0.3 is 5.97 Å². The summed E-state index contributed by atoms with van der Waals surface area (Å²) in [6.45, 7) is 0. The highest BCUT2D eigenvalue weighted by atomic mass is 16.4. The summed E-state index contributed by atoms with van der Waals surface area (Å²) >= 11 is 0. The van der Waals surface area contributed by atoms with Crippen molar-refractivity contribution in [2.45, 2.75) is 0 Å². The van der Waals surface area contributed by atoms with Gasteiger partial charge in [-0.25, -0.2) is 4.79 Å². The molecule has 0 aromatic heterocycles. The number of carboxylic acids is 1. The molecule has 0 unspecified atom stereocenters. The number of hydrogen-bond donors (Lipinski definition) is 2. The maximum atomic E-state index is 10.1. The van der Waals surface area contributed by atoms with Crippen LogP contribution in [-0.2, 0) is 4.79 Å². The first-order valence-electron chi connectivity index (χ1n) is 4.05. The molecule has 14 heavy (non-hydrogen) atoms. The highest BCUT2D eigenvalue weighted by molar-refractivity contribution is 5.80. The van der Waals surface area contributed by atoms with Gasteiger partial charge in [-0.2, -0.15) is 0 Å². The highest BCUT2D eigenvalue weighted by Crippen LogP contribution is 2.04. The maximum absolute atomic E-state index is 10.1. The van der Waals surface area contributed by atoms with Crippen LogP contribution in [0.1, 0.15) is 5.56 Å². The van der Waals surface area contributed by atoms with Gasteiger partial charge in [0.1, 0.15) is 5.76 Å². The predicted molar refractivity (Wildman–Crippen MR) is 53.8 cm³/mol. The Morgan fingerprint density at radius 2 is 1.71 bits per heavy atom. The minimum Gasteiger partial charge on any atom is -0.508 e. The Kier molecular flexibility index (Phi) is 3.49. The van der Waals surface area contributed by atoms with E-state index < -0.39 is 5.97 Å². The first-order chi connectivity index (χ1) is 6.68. The number of aliphatic carboxylic acids is 1. The first kappa shape index (κ1) is 10.1. The number of allylic oxidation sites excluding steroid dienone is 1. The molecule has 2 N–H and O–H groups in total. The lowest BCUT2D eigenvalue weighted by Crippen LogP contribution is -1.86. The Balaban J connectivity index is 2.74. The minimum absolute atomic E-state index is 0.0846. The molecular formula is C11H10O3. The number of hydrogen-bond acceptors (Lipinski definition) is 2. The summed E-state index contributed by atoms with van der Waals surface area (Å²) in [4.78, 5) is 10.1. The van der Waals surface area contributed by atoms with Crippen molar-refractivity contribution in [2.75, 3.05) is 0 Å². The lowest BCUT2D eigenvalue weighted by atomic mass is 10.2. The third kappa shape index (κ3) is 3.58. The fourth-order valence-corrected chi connectivity index (χ4v) is 0.925. The van der Waals surface area contributed by atoms with Crippen LogP contribution >= 0.6 is 0 Å². The molecule has 0 aliphatic rings. The van der Waals surface area contributed by atoms with Gasteiger partial charge in [0.05, 0.1) is 0 Å². The Labute approximate surface area is 81.6 Å².